The van der Waals surface area contributed by atoms with Gasteiger partial charge < -0.3 is 25.6 Å². The number of benzene rings is 3. The molecule has 0 radical (unpaired) electrons. The van der Waals surface area contributed by atoms with Crippen LogP contribution >= 0.6 is 0 Å². The van der Waals surface area contributed by atoms with Crippen LogP contribution < -0.4 is 16.0 Å². The number of halogens is 1. The first-order valence-electron chi connectivity index (χ1n) is 13.7. The molecule has 5 rings (SSSR count). The number of fused-ring (bicyclic) bond motifs is 1. The van der Waals surface area contributed by atoms with Gasteiger partial charge in [0.2, 0.25) is 5.91 Å². The number of hydrogen-bond donors (Lipinski definition) is 4. The summed E-state index contributed by atoms with van der Waals surface area (Å²) in [7, 11) is 0. The Balaban J connectivity index is 1.42. The van der Waals surface area contributed by atoms with Crippen LogP contribution in [0.5, 0.6) is 0 Å². The maximum absolute atomic E-state index is 14.6. The fourth-order valence-electron chi connectivity index (χ4n) is 5.69. The van der Waals surface area contributed by atoms with Crippen molar-refractivity contribution in [2.75, 3.05) is 16.0 Å². The molecule has 1 heterocycles. The number of amides is 2. The molecule has 1 saturated carbocycles. The van der Waals surface area contributed by atoms with E-state index in [4.69, 9.17) is 0 Å². The molecule has 1 aromatic heterocycles. The second-order valence-electron chi connectivity index (χ2n) is 11.1. The molecule has 40 heavy (non-hydrogen) atoms. The maximum atomic E-state index is 14.6. The predicted octanol–water partition coefficient (Wildman–Crippen LogP) is 6.74. The molecule has 2 amide bonds. The summed E-state index contributed by atoms with van der Waals surface area (Å²) >= 11 is 0. The van der Waals surface area contributed by atoms with Crippen molar-refractivity contribution >= 4 is 39.8 Å². The van der Waals surface area contributed by atoms with Crippen molar-refractivity contribution in [3.63, 3.8) is 0 Å². The van der Waals surface area contributed by atoms with Crippen LogP contribution in [0, 0.1) is 11.2 Å². The number of nitrogens with zero attached hydrogens (tertiary/aromatic N) is 1. The Kier molecular flexibility index (Phi) is 7.89. The Hall–Kier alpha value is -4.17. The fourth-order valence-corrected chi connectivity index (χ4v) is 5.69. The number of rotatable bonds is 9. The molecule has 7 nitrogen and oxygen atoms in total. The molecule has 0 aliphatic heterocycles. The first-order valence-corrected chi connectivity index (χ1v) is 13.7. The van der Waals surface area contributed by atoms with Gasteiger partial charge in [0, 0.05) is 40.5 Å². The first-order chi connectivity index (χ1) is 19.2. The van der Waals surface area contributed by atoms with Gasteiger partial charge in [-0.2, -0.15) is 0 Å². The molecule has 4 aromatic rings. The van der Waals surface area contributed by atoms with Crippen LogP contribution in [0.1, 0.15) is 62.0 Å². The van der Waals surface area contributed by atoms with E-state index in [0.29, 0.717) is 29.1 Å². The predicted molar refractivity (Wildman–Crippen MR) is 157 cm³/mol. The summed E-state index contributed by atoms with van der Waals surface area (Å²) in [5.41, 5.74) is 3.71. The molecule has 0 saturated heterocycles. The summed E-state index contributed by atoms with van der Waals surface area (Å²) in [6, 6.07) is 20.8. The standard InChI is InChI=1S/C32H35FN4O3/c1-21(38)34-24-9-11-25(12-10-24)36-31(40)29-18-23-17-26(35-30(39)19-32(2)15-5-6-16-32)13-14-28(23)37(29)20-22-7-3-4-8-27(22)33/h3-4,7-14,17-18,30,35,39H,5-6,15-16,19-20H2,1-2H3,(H,34,38)(H,36,40). The largest absolute Gasteiger partial charge is 0.374 e. The Labute approximate surface area is 233 Å². The lowest BCUT2D eigenvalue weighted by Crippen LogP contribution is -2.26. The van der Waals surface area contributed by atoms with E-state index in [1.807, 2.05) is 18.2 Å². The van der Waals surface area contributed by atoms with Gasteiger partial charge in [0.05, 0.1) is 6.54 Å². The lowest BCUT2D eigenvalue weighted by Gasteiger charge is -2.27. The number of aliphatic hydroxyl groups is 1. The Morgan fingerprint density at radius 2 is 1.60 bits per heavy atom. The number of nitrogens with one attached hydrogen (secondary N) is 3. The highest BCUT2D eigenvalue weighted by molar-refractivity contribution is 6.07. The molecule has 1 fully saturated rings. The van der Waals surface area contributed by atoms with Crippen molar-refractivity contribution < 1.29 is 19.1 Å². The van der Waals surface area contributed by atoms with Crippen molar-refractivity contribution in [3.05, 3.63) is 89.9 Å². The maximum Gasteiger partial charge on any atom is 0.272 e. The van der Waals surface area contributed by atoms with Gasteiger partial charge in [-0.1, -0.05) is 38.0 Å². The Morgan fingerprint density at radius 3 is 2.27 bits per heavy atom. The van der Waals surface area contributed by atoms with Gasteiger partial charge in [-0.15, -0.1) is 0 Å². The normalized spacial score (nSPS) is 15.1. The monoisotopic (exact) mass is 542 g/mol. The molecule has 0 spiro atoms. The average molecular weight is 543 g/mol. The SMILES string of the molecule is CC(=O)Nc1ccc(NC(=O)c2cc3cc(NC(O)CC4(C)CCCC4)ccc3n2Cc2ccccc2F)cc1. The molecular weight excluding hydrogens is 507 g/mol. The molecular formula is C32H35FN4O3. The van der Waals surface area contributed by atoms with E-state index in [1.54, 1.807) is 53.1 Å². The minimum Gasteiger partial charge on any atom is -0.374 e. The minimum atomic E-state index is -0.677. The quantitative estimate of drug-likeness (QED) is 0.176. The van der Waals surface area contributed by atoms with E-state index in [1.165, 1.54) is 25.8 Å². The molecule has 208 valence electrons. The summed E-state index contributed by atoms with van der Waals surface area (Å²) in [6.07, 6.45) is 4.65. The van der Waals surface area contributed by atoms with Gasteiger partial charge in [0.25, 0.3) is 5.91 Å². The Morgan fingerprint density at radius 1 is 0.950 bits per heavy atom. The molecule has 1 aliphatic rings. The highest BCUT2D eigenvalue weighted by Gasteiger charge is 2.31. The molecule has 1 unspecified atom stereocenters. The number of carbonyl (C=O) groups is 2. The van der Waals surface area contributed by atoms with Crippen LogP contribution in [0.3, 0.4) is 0 Å². The topological polar surface area (TPSA) is 95.4 Å². The highest BCUT2D eigenvalue weighted by Crippen LogP contribution is 2.41. The van der Waals surface area contributed by atoms with Gasteiger partial charge in [-0.3, -0.25) is 9.59 Å². The lowest BCUT2D eigenvalue weighted by atomic mass is 9.84. The minimum absolute atomic E-state index is 0.144. The van der Waals surface area contributed by atoms with Crippen LogP contribution in [0.4, 0.5) is 21.5 Å². The smallest absolute Gasteiger partial charge is 0.272 e. The number of aromatic nitrogens is 1. The van der Waals surface area contributed by atoms with E-state index in [2.05, 4.69) is 22.9 Å². The van der Waals surface area contributed by atoms with Crippen molar-refractivity contribution in [2.24, 2.45) is 5.41 Å². The third kappa shape index (κ3) is 6.34. The number of carbonyl (C=O) groups excluding carboxylic acids is 2. The summed E-state index contributed by atoms with van der Waals surface area (Å²) < 4.78 is 16.4. The Bertz CT molecular complexity index is 1520. The lowest BCUT2D eigenvalue weighted by molar-refractivity contribution is -0.114. The highest BCUT2D eigenvalue weighted by atomic mass is 19.1. The van der Waals surface area contributed by atoms with E-state index in [9.17, 15) is 19.1 Å². The second kappa shape index (κ2) is 11.5. The zero-order chi connectivity index (χ0) is 28.3. The van der Waals surface area contributed by atoms with Gasteiger partial charge in [-0.05, 0) is 79.3 Å². The summed E-state index contributed by atoms with van der Waals surface area (Å²) in [6.45, 7) is 3.84. The van der Waals surface area contributed by atoms with Crippen molar-refractivity contribution in [3.8, 4) is 0 Å². The fraction of sp³-hybridized carbons (Fsp3) is 0.312. The van der Waals surface area contributed by atoms with Crippen LogP contribution in [-0.2, 0) is 11.3 Å². The zero-order valence-corrected chi connectivity index (χ0v) is 22.8. The third-order valence-electron chi connectivity index (χ3n) is 7.71. The summed E-state index contributed by atoms with van der Waals surface area (Å²) in [5, 5.41) is 20.4. The number of aliphatic hydroxyl groups excluding tert-OH is 1. The molecule has 3 aromatic carbocycles. The zero-order valence-electron chi connectivity index (χ0n) is 22.8. The molecule has 4 N–H and O–H groups in total. The van der Waals surface area contributed by atoms with E-state index < -0.39 is 6.23 Å². The first kappa shape index (κ1) is 27.4. The molecule has 1 aliphatic carbocycles. The second-order valence-corrected chi connectivity index (χ2v) is 11.1. The summed E-state index contributed by atoms with van der Waals surface area (Å²) in [5.74, 6) is -0.863. The van der Waals surface area contributed by atoms with Gasteiger partial charge in [0.15, 0.2) is 0 Å². The third-order valence-corrected chi connectivity index (χ3v) is 7.71. The summed E-state index contributed by atoms with van der Waals surface area (Å²) in [4.78, 5) is 24.8. The van der Waals surface area contributed by atoms with Crippen molar-refractivity contribution in [2.45, 2.75) is 58.7 Å². The van der Waals surface area contributed by atoms with Crippen molar-refractivity contribution in [1.82, 2.24) is 4.57 Å². The van der Waals surface area contributed by atoms with Crippen LogP contribution in [0.25, 0.3) is 10.9 Å². The van der Waals surface area contributed by atoms with Gasteiger partial charge in [-0.25, -0.2) is 4.39 Å². The average Bonchev–Trinajstić information content (AvgIpc) is 3.49. The van der Waals surface area contributed by atoms with E-state index in [-0.39, 0.29) is 29.6 Å². The molecule has 0 bridgehead atoms. The molecule has 8 heteroatoms. The van der Waals surface area contributed by atoms with E-state index in [0.717, 1.165) is 29.4 Å². The number of hydrogen-bond acceptors (Lipinski definition) is 4. The van der Waals surface area contributed by atoms with Gasteiger partial charge in [0.1, 0.15) is 17.7 Å². The van der Waals surface area contributed by atoms with Crippen LogP contribution in [0.2, 0.25) is 0 Å². The van der Waals surface area contributed by atoms with Crippen LogP contribution in [0.15, 0.2) is 72.8 Å². The van der Waals surface area contributed by atoms with E-state index >= 15 is 0 Å². The molecule has 1 atom stereocenters. The van der Waals surface area contributed by atoms with Crippen molar-refractivity contribution in [1.29, 1.82) is 0 Å². The van der Waals surface area contributed by atoms with Crippen LogP contribution in [-0.4, -0.2) is 27.7 Å². The number of anilines is 3. The van der Waals surface area contributed by atoms with Gasteiger partial charge >= 0.3 is 0 Å².